The van der Waals surface area contributed by atoms with Crippen molar-refractivity contribution in [1.29, 1.82) is 0 Å². The van der Waals surface area contributed by atoms with Crippen LogP contribution in [0.4, 0.5) is 5.69 Å². The summed E-state index contributed by atoms with van der Waals surface area (Å²) >= 11 is 5.07. The quantitative estimate of drug-likeness (QED) is 0.505. The van der Waals surface area contributed by atoms with E-state index >= 15 is 0 Å². The molecule has 0 bridgehead atoms. The second kappa shape index (κ2) is 7.10. The van der Waals surface area contributed by atoms with Gasteiger partial charge in [0.05, 0.1) is 0 Å². The van der Waals surface area contributed by atoms with Gasteiger partial charge in [-0.3, -0.25) is 10.1 Å². The molecule has 0 aromatic heterocycles. The summed E-state index contributed by atoms with van der Waals surface area (Å²) in [6.45, 7) is 3.79. The molecule has 2 rings (SSSR count). The SMILES string of the molecule is Cc1cc(C)cc(C(=O)NC(=S)Nc2ccc(O)c(C(=O)O)c2)c1. The average molecular weight is 344 g/mol. The summed E-state index contributed by atoms with van der Waals surface area (Å²) < 4.78 is 0. The van der Waals surface area contributed by atoms with Crippen molar-refractivity contribution < 1.29 is 19.8 Å². The number of nitrogens with one attached hydrogen (secondary N) is 2. The summed E-state index contributed by atoms with van der Waals surface area (Å²) in [5.74, 6) is -1.98. The zero-order valence-corrected chi connectivity index (χ0v) is 13.9. The molecule has 0 aliphatic carbocycles. The minimum atomic E-state index is -1.26. The molecule has 0 radical (unpaired) electrons. The number of amides is 1. The zero-order valence-electron chi connectivity index (χ0n) is 13.1. The van der Waals surface area contributed by atoms with Crippen molar-refractivity contribution in [3.05, 3.63) is 58.7 Å². The molecule has 0 saturated heterocycles. The second-order valence-corrected chi connectivity index (χ2v) is 5.73. The van der Waals surface area contributed by atoms with E-state index in [-0.39, 0.29) is 22.3 Å². The maximum atomic E-state index is 12.2. The predicted molar refractivity (Wildman–Crippen MR) is 94.7 cm³/mol. The Hall–Kier alpha value is -2.93. The first kappa shape index (κ1) is 17.4. The molecule has 2 aromatic carbocycles. The number of carboxylic acid groups (broad SMARTS) is 1. The fraction of sp³-hybridized carbons (Fsp3) is 0.118. The first-order valence-corrected chi connectivity index (χ1v) is 7.44. The molecule has 0 unspecified atom stereocenters. The Balaban J connectivity index is 2.09. The van der Waals surface area contributed by atoms with Crippen molar-refractivity contribution in [2.24, 2.45) is 0 Å². The number of carboxylic acids is 1. The molecule has 0 aliphatic heterocycles. The van der Waals surface area contributed by atoms with Crippen LogP contribution in [-0.2, 0) is 0 Å². The molecule has 2 aromatic rings. The van der Waals surface area contributed by atoms with E-state index in [2.05, 4.69) is 10.6 Å². The Morgan fingerprint density at radius 2 is 1.67 bits per heavy atom. The lowest BCUT2D eigenvalue weighted by Crippen LogP contribution is -2.34. The van der Waals surface area contributed by atoms with Gasteiger partial charge in [0.1, 0.15) is 11.3 Å². The molecule has 1 amide bonds. The van der Waals surface area contributed by atoms with E-state index in [0.29, 0.717) is 11.3 Å². The number of hydrogen-bond donors (Lipinski definition) is 4. The van der Waals surface area contributed by atoms with E-state index < -0.39 is 5.97 Å². The van der Waals surface area contributed by atoms with Crippen LogP contribution in [0.1, 0.15) is 31.8 Å². The minimum absolute atomic E-state index is 0.0289. The van der Waals surface area contributed by atoms with Crippen LogP contribution < -0.4 is 10.6 Å². The first-order valence-electron chi connectivity index (χ1n) is 7.03. The summed E-state index contributed by atoms with van der Waals surface area (Å²) in [5.41, 5.74) is 2.49. The number of phenols is 1. The molecule has 0 saturated carbocycles. The van der Waals surface area contributed by atoms with Gasteiger partial charge >= 0.3 is 5.97 Å². The van der Waals surface area contributed by atoms with E-state index in [1.54, 1.807) is 12.1 Å². The number of anilines is 1. The third-order valence-electron chi connectivity index (χ3n) is 3.20. The number of carbonyl (C=O) groups excluding carboxylic acids is 1. The van der Waals surface area contributed by atoms with Gasteiger partial charge in [-0.2, -0.15) is 0 Å². The lowest BCUT2D eigenvalue weighted by atomic mass is 10.1. The van der Waals surface area contributed by atoms with Gasteiger partial charge in [-0.15, -0.1) is 0 Å². The van der Waals surface area contributed by atoms with Crippen LogP contribution in [0.5, 0.6) is 5.75 Å². The summed E-state index contributed by atoms with van der Waals surface area (Å²) in [7, 11) is 0. The lowest BCUT2D eigenvalue weighted by Gasteiger charge is -2.11. The highest BCUT2D eigenvalue weighted by molar-refractivity contribution is 7.80. The van der Waals surface area contributed by atoms with E-state index in [0.717, 1.165) is 11.1 Å². The highest BCUT2D eigenvalue weighted by atomic mass is 32.1. The van der Waals surface area contributed by atoms with Crippen LogP contribution in [-0.4, -0.2) is 27.2 Å². The standard InChI is InChI=1S/C17H16N2O4S/c1-9-5-10(2)7-11(6-9)15(21)19-17(24)18-12-3-4-14(20)13(8-12)16(22)23/h3-8,20H,1-2H3,(H,22,23)(H2,18,19,21,24). The molecule has 4 N–H and O–H groups in total. The number of aromatic carboxylic acids is 1. The molecule has 0 atom stereocenters. The van der Waals surface area contributed by atoms with Crippen LogP contribution >= 0.6 is 12.2 Å². The van der Waals surface area contributed by atoms with Gasteiger partial charge in [-0.25, -0.2) is 4.79 Å². The number of carbonyl (C=O) groups is 2. The van der Waals surface area contributed by atoms with Crippen molar-refractivity contribution in [3.8, 4) is 5.75 Å². The fourth-order valence-electron chi connectivity index (χ4n) is 2.23. The Morgan fingerprint density at radius 3 is 2.25 bits per heavy atom. The van der Waals surface area contributed by atoms with Crippen LogP contribution in [0, 0.1) is 13.8 Å². The van der Waals surface area contributed by atoms with Gasteiger partial charge in [0.15, 0.2) is 5.11 Å². The molecule has 0 aliphatic rings. The van der Waals surface area contributed by atoms with Gasteiger partial charge in [-0.05, 0) is 56.4 Å². The Labute approximate surface area is 144 Å². The summed E-state index contributed by atoms with van der Waals surface area (Å²) in [6, 6.07) is 9.36. The largest absolute Gasteiger partial charge is 0.507 e. The highest BCUT2D eigenvalue weighted by Gasteiger charge is 2.12. The lowest BCUT2D eigenvalue weighted by molar-refractivity contribution is 0.0693. The number of hydrogen-bond acceptors (Lipinski definition) is 4. The van der Waals surface area contributed by atoms with E-state index in [1.165, 1.54) is 18.2 Å². The molecule has 0 fully saturated rings. The Kier molecular flexibility index (Phi) is 5.15. The van der Waals surface area contributed by atoms with Crippen molar-refractivity contribution in [2.75, 3.05) is 5.32 Å². The maximum Gasteiger partial charge on any atom is 0.339 e. The predicted octanol–water partition coefficient (Wildman–Crippen LogP) is 2.83. The van der Waals surface area contributed by atoms with Crippen molar-refractivity contribution in [1.82, 2.24) is 5.32 Å². The topological polar surface area (TPSA) is 98.7 Å². The number of aromatic hydroxyl groups is 1. The van der Waals surface area contributed by atoms with Crippen LogP contribution in [0.25, 0.3) is 0 Å². The summed E-state index contributed by atoms with van der Waals surface area (Å²) in [5, 5.41) is 23.7. The molecular weight excluding hydrogens is 328 g/mol. The third-order valence-corrected chi connectivity index (χ3v) is 3.40. The smallest absolute Gasteiger partial charge is 0.339 e. The molecule has 0 spiro atoms. The summed E-state index contributed by atoms with van der Waals surface area (Å²) in [4.78, 5) is 23.2. The first-order chi connectivity index (χ1) is 11.3. The number of aryl methyl sites for hydroxylation is 2. The number of rotatable bonds is 3. The van der Waals surface area contributed by atoms with Crippen molar-refractivity contribution in [2.45, 2.75) is 13.8 Å². The maximum absolute atomic E-state index is 12.2. The van der Waals surface area contributed by atoms with Gasteiger partial charge in [0, 0.05) is 11.3 Å². The third kappa shape index (κ3) is 4.30. The van der Waals surface area contributed by atoms with Gasteiger partial charge in [0.2, 0.25) is 0 Å². The molecule has 0 heterocycles. The van der Waals surface area contributed by atoms with E-state index in [4.69, 9.17) is 17.3 Å². The number of benzene rings is 2. The molecule has 124 valence electrons. The van der Waals surface area contributed by atoms with Crippen molar-refractivity contribution >= 4 is 34.9 Å². The average Bonchev–Trinajstić information content (AvgIpc) is 2.47. The van der Waals surface area contributed by atoms with Crippen LogP contribution in [0.3, 0.4) is 0 Å². The molecular formula is C17H16N2O4S. The minimum Gasteiger partial charge on any atom is -0.507 e. The van der Waals surface area contributed by atoms with Gasteiger partial charge < -0.3 is 15.5 Å². The van der Waals surface area contributed by atoms with Gasteiger partial charge in [0.25, 0.3) is 5.91 Å². The monoisotopic (exact) mass is 344 g/mol. The van der Waals surface area contributed by atoms with Gasteiger partial charge in [-0.1, -0.05) is 17.2 Å². The molecule has 24 heavy (non-hydrogen) atoms. The highest BCUT2D eigenvalue weighted by Crippen LogP contribution is 2.21. The second-order valence-electron chi connectivity index (χ2n) is 5.32. The molecule has 7 heteroatoms. The van der Waals surface area contributed by atoms with Crippen LogP contribution in [0.2, 0.25) is 0 Å². The Morgan fingerprint density at radius 1 is 1.04 bits per heavy atom. The normalized spacial score (nSPS) is 10.1. The molecule has 6 nitrogen and oxygen atoms in total. The Bertz CT molecular complexity index is 813. The fourth-order valence-corrected chi connectivity index (χ4v) is 2.44. The number of thiocarbonyl (C=S) groups is 1. The summed E-state index contributed by atoms with van der Waals surface area (Å²) in [6.07, 6.45) is 0. The van der Waals surface area contributed by atoms with Crippen molar-refractivity contribution in [3.63, 3.8) is 0 Å². The van der Waals surface area contributed by atoms with E-state index in [9.17, 15) is 14.7 Å². The van der Waals surface area contributed by atoms with Crippen LogP contribution in [0.15, 0.2) is 36.4 Å². The van der Waals surface area contributed by atoms with E-state index in [1.807, 2.05) is 19.9 Å². The zero-order chi connectivity index (χ0) is 17.9.